The maximum Gasteiger partial charge on any atom is -0.00891 e. The van der Waals surface area contributed by atoms with Crippen LogP contribution in [0.5, 0.6) is 0 Å². The van der Waals surface area contributed by atoms with Crippen LogP contribution in [-0.2, 0) is 0 Å². The van der Waals surface area contributed by atoms with E-state index in [-0.39, 0.29) is 0 Å². The Morgan fingerprint density at radius 2 is 2.22 bits per heavy atom. The first-order chi connectivity index (χ1) is 4.47. The number of allylic oxidation sites excluding steroid dienone is 1. The summed E-state index contributed by atoms with van der Waals surface area (Å²) in [5, 5.41) is 0. The molecule has 0 saturated heterocycles. The molecule has 4 atom stereocenters. The van der Waals surface area contributed by atoms with E-state index in [9.17, 15) is 0 Å². The van der Waals surface area contributed by atoms with Gasteiger partial charge in [0.05, 0.1) is 0 Å². The lowest BCUT2D eigenvalue weighted by atomic mass is 9.97. The molecule has 0 aromatic rings. The minimum atomic E-state index is 0.935. The second-order valence-electron chi connectivity index (χ2n) is 3.56. The van der Waals surface area contributed by atoms with Crippen molar-refractivity contribution in [2.24, 2.45) is 23.7 Å². The molecule has 0 amide bonds. The van der Waals surface area contributed by atoms with Crippen molar-refractivity contribution in [2.75, 3.05) is 0 Å². The van der Waals surface area contributed by atoms with Crippen molar-refractivity contribution < 1.29 is 0 Å². The highest BCUT2D eigenvalue weighted by molar-refractivity contribution is 5.21. The van der Waals surface area contributed by atoms with Crippen LogP contribution in [0.3, 0.4) is 0 Å². The molecule has 0 aromatic carbocycles. The second-order valence-corrected chi connectivity index (χ2v) is 3.56. The van der Waals surface area contributed by atoms with Crippen LogP contribution in [0.15, 0.2) is 17.9 Å². The Morgan fingerprint density at radius 1 is 1.22 bits per heavy atom. The molecule has 0 heteroatoms. The van der Waals surface area contributed by atoms with Crippen LogP contribution in [-0.4, -0.2) is 0 Å². The highest BCUT2D eigenvalue weighted by atomic mass is 14.6. The van der Waals surface area contributed by atoms with Crippen LogP contribution in [0.1, 0.15) is 12.8 Å². The zero-order valence-corrected chi connectivity index (χ0v) is 5.38. The molecule has 2 fully saturated rings. The lowest BCUT2D eigenvalue weighted by Gasteiger charge is -2.07. The van der Waals surface area contributed by atoms with Gasteiger partial charge < -0.3 is 0 Å². The SMILES string of the molecule is C1=CC2C3CC[C@@H](C=1)C23. The number of hydrogen-bond acceptors (Lipinski definition) is 0. The summed E-state index contributed by atoms with van der Waals surface area (Å²) in [6, 6.07) is 0. The first-order valence-electron chi connectivity index (χ1n) is 3.89. The lowest BCUT2D eigenvalue weighted by molar-refractivity contribution is 0.543. The Morgan fingerprint density at radius 3 is 3.00 bits per heavy atom. The zero-order chi connectivity index (χ0) is 5.84. The molecule has 3 aliphatic carbocycles. The van der Waals surface area contributed by atoms with Crippen molar-refractivity contribution in [3.63, 3.8) is 0 Å². The molecule has 0 nitrogen and oxygen atoms in total. The molecule has 2 saturated carbocycles. The monoisotopic (exact) mass is 118 g/mol. The molecule has 0 aromatic heterocycles. The Kier molecular flexibility index (Phi) is 0.567. The predicted molar refractivity (Wildman–Crippen MR) is 35.8 cm³/mol. The molecule has 3 aliphatic rings. The Bertz CT molecular complexity index is 206. The van der Waals surface area contributed by atoms with E-state index in [1.54, 1.807) is 0 Å². The quantitative estimate of drug-likeness (QED) is 0.427. The fourth-order valence-corrected chi connectivity index (χ4v) is 2.71. The van der Waals surface area contributed by atoms with Gasteiger partial charge in [0.2, 0.25) is 0 Å². The van der Waals surface area contributed by atoms with Crippen LogP contribution in [0.2, 0.25) is 0 Å². The van der Waals surface area contributed by atoms with Gasteiger partial charge in [0.1, 0.15) is 0 Å². The van der Waals surface area contributed by atoms with E-state index < -0.39 is 0 Å². The largest absolute Gasteiger partial charge is 0.129 e. The van der Waals surface area contributed by atoms with E-state index in [1.165, 1.54) is 12.8 Å². The first kappa shape index (κ1) is 4.35. The summed E-state index contributed by atoms with van der Waals surface area (Å²) in [5.74, 6) is 4.06. The average Bonchev–Trinajstić information content (AvgIpc) is 2.35. The molecule has 0 spiro atoms. The molecule has 46 valence electrons. The van der Waals surface area contributed by atoms with Crippen molar-refractivity contribution in [3.05, 3.63) is 17.9 Å². The van der Waals surface area contributed by atoms with Crippen molar-refractivity contribution in [2.45, 2.75) is 12.8 Å². The minimum absolute atomic E-state index is 0.935. The fourth-order valence-electron chi connectivity index (χ4n) is 2.71. The van der Waals surface area contributed by atoms with Gasteiger partial charge in [-0.05, 0) is 48.7 Å². The highest BCUT2D eigenvalue weighted by Crippen LogP contribution is 2.62. The summed E-state index contributed by atoms with van der Waals surface area (Å²) in [5.41, 5.74) is 3.26. The van der Waals surface area contributed by atoms with Crippen LogP contribution >= 0.6 is 0 Å². The van der Waals surface area contributed by atoms with E-state index in [0.29, 0.717) is 0 Å². The lowest BCUT2D eigenvalue weighted by Crippen LogP contribution is -1.99. The summed E-state index contributed by atoms with van der Waals surface area (Å²) in [6.07, 6.45) is 7.51. The first-order valence-corrected chi connectivity index (χ1v) is 3.89. The van der Waals surface area contributed by atoms with Crippen molar-refractivity contribution in [1.82, 2.24) is 0 Å². The standard InChI is InChI=1S/C9H10/c1-2-6-4-5-8-7(3-1)9(6)8/h2-3,6-9H,4-5H2/t6-,7?,8?,9?/m1/s1. The third-order valence-electron chi connectivity index (χ3n) is 3.22. The summed E-state index contributed by atoms with van der Waals surface area (Å²) in [6.45, 7) is 0. The third kappa shape index (κ3) is 0.381. The van der Waals surface area contributed by atoms with E-state index in [2.05, 4.69) is 17.9 Å². The van der Waals surface area contributed by atoms with Crippen LogP contribution in [0.4, 0.5) is 0 Å². The van der Waals surface area contributed by atoms with Gasteiger partial charge in [-0.1, -0.05) is 0 Å². The highest BCUT2D eigenvalue weighted by Gasteiger charge is 2.56. The average molecular weight is 118 g/mol. The number of rotatable bonds is 0. The summed E-state index contributed by atoms with van der Waals surface area (Å²) >= 11 is 0. The van der Waals surface area contributed by atoms with Crippen molar-refractivity contribution in [3.8, 4) is 0 Å². The normalized spacial score (nSPS) is 57.8. The van der Waals surface area contributed by atoms with Crippen LogP contribution in [0, 0.1) is 23.7 Å². The Hall–Kier alpha value is -0.480. The molecule has 3 rings (SSSR count). The summed E-state index contributed by atoms with van der Waals surface area (Å²) in [4.78, 5) is 0. The molecule has 0 radical (unpaired) electrons. The van der Waals surface area contributed by atoms with Gasteiger partial charge >= 0.3 is 0 Å². The van der Waals surface area contributed by atoms with Gasteiger partial charge in [0, 0.05) is 0 Å². The molecule has 0 heterocycles. The Labute approximate surface area is 55.3 Å². The second kappa shape index (κ2) is 1.17. The third-order valence-corrected chi connectivity index (χ3v) is 3.22. The smallest absolute Gasteiger partial charge is 0.00891 e. The van der Waals surface area contributed by atoms with E-state index in [0.717, 1.165) is 23.7 Å². The Balaban J connectivity index is 2.11. The van der Waals surface area contributed by atoms with Crippen LogP contribution < -0.4 is 0 Å². The molecule has 3 unspecified atom stereocenters. The van der Waals surface area contributed by atoms with Crippen molar-refractivity contribution >= 4 is 0 Å². The van der Waals surface area contributed by atoms with E-state index in [4.69, 9.17) is 0 Å². The van der Waals surface area contributed by atoms with Gasteiger partial charge in [-0.2, -0.15) is 0 Å². The maximum atomic E-state index is 3.26. The number of hydrogen-bond donors (Lipinski definition) is 0. The van der Waals surface area contributed by atoms with E-state index in [1.807, 2.05) is 0 Å². The van der Waals surface area contributed by atoms with E-state index >= 15 is 0 Å². The predicted octanol–water partition coefficient (Wildman–Crippen LogP) is 1.98. The molecule has 0 bridgehead atoms. The number of fused-ring (bicyclic) bond motifs is 1. The van der Waals surface area contributed by atoms with Gasteiger partial charge in [0.15, 0.2) is 0 Å². The minimum Gasteiger partial charge on any atom is -0.129 e. The van der Waals surface area contributed by atoms with Crippen LogP contribution in [0.25, 0.3) is 0 Å². The maximum absolute atomic E-state index is 3.26. The van der Waals surface area contributed by atoms with Gasteiger partial charge in [0.25, 0.3) is 0 Å². The molecular weight excluding hydrogens is 108 g/mol. The molecular formula is C9H10. The zero-order valence-electron chi connectivity index (χ0n) is 5.38. The molecule has 9 heavy (non-hydrogen) atoms. The van der Waals surface area contributed by atoms with Gasteiger partial charge in [-0.15, -0.1) is 5.73 Å². The fraction of sp³-hybridized carbons (Fsp3) is 0.667. The van der Waals surface area contributed by atoms with Crippen molar-refractivity contribution in [1.29, 1.82) is 0 Å². The van der Waals surface area contributed by atoms with Gasteiger partial charge in [-0.25, -0.2) is 0 Å². The topological polar surface area (TPSA) is 0 Å². The van der Waals surface area contributed by atoms with Gasteiger partial charge in [-0.3, -0.25) is 0 Å². The summed E-state index contributed by atoms with van der Waals surface area (Å²) in [7, 11) is 0. The molecule has 0 N–H and O–H groups in total. The molecule has 0 aliphatic heterocycles. The summed E-state index contributed by atoms with van der Waals surface area (Å²) < 4.78 is 0.